The molecule has 0 spiro atoms. The van der Waals surface area contributed by atoms with Gasteiger partial charge in [0.1, 0.15) is 5.75 Å². The van der Waals surface area contributed by atoms with Crippen LogP contribution < -0.4 is 4.74 Å². The summed E-state index contributed by atoms with van der Waals surface area (Å²) in [6.07, 6.45) is 6.41. The van der Waals surface area contributed by atoms with Crippen molar-refractivity contribution < 1.29 is 14.3 Å². The number of hydrogen-bond acceptors (Lipinski definition) is 4. The SMILES string of the molecule is CCCCCSc1cc2c(cc1C#Cc1ccc(C(CCC)C(=O)OCC)cc1)C(C)(C)CCO2. The number of fused-ring (bicyclic) bond motifs is 1. The molecule has 1 atom stereocenters. The van der Waals surface area contributed by atoms with Crippen LogP contribution in [0.3, 0.4) is 0 Å². The topological polar surface area (TPSA) is 35.5 Å². The fourth-order valence-corrected chi connectivity index (χ4v) is 5.43. The first kappa shape index (κ1) is 27.2. The summed E-state index contributed by atoms with van der Waals surface area (Å²) < 4.78 is 11.3. The van der Waals surface area contributed by atoms with Crippen LogP contribution in [0.2, 0.25) is 0 Å². The molecule has 2 aromatic carbocycles. The summed E-state index contributed by atoms with van der Waals surface area (Å²) in [4.78, 5) is 13.6. The Balaban J connectivity index is 1.88. The molecule has 1 heterocycles. The van der Waals surface area contributed by atoms with Gasteiger partial charge in [-0.25, -0.2) is 0 Å². The second-order valence-electron chi connectivity index (χ2n) is 9.85. The van der Waals surface area contributed by atoms with E-state index >= 15 is 0 Å². The van der Waals surface area contributed by atoms with Crippen molar-refractivity contribution in [2.45, 2.75) is 89.4 Å². The molecule has 0 radical (unpaired) electrons. The van der Waals surface area contributed by atoms with Gasteiger partial charge in [-0.15, -0.1) is 11.8 Å². The number of carbonyl (C=O) groups is 1. The van der Waals surface area contributed by atoms with Gasteiger partial charge in [0.05, 0.1) is 19.1 Å². The minimum Gasteiger partial charge on any atom is -0.493 e. The summed E-state index contributed by atoms with van der Waals surface area (Å²) in [5.74, 6) is 8.57. The van der Waals surface area contributed by atoms with Crippen LogP contribution in [0.15, 0.2) is 41.3 Å². The normalized spacial score (nSPS) is 14.8. The molecule has 0 fully saturated rings. The molecule has 0 saturated heterocycles. The van der Waals surface area contributed by atoms with Crippen molar-refractivity contribution >= 4 is 17.7 Å². The van der Waals surface area contributed by atoms with Crippen LogP contribution in [-0.2, 0) is 14.9 Å². The molecule has 4 heteroatoms. The van der Waals surface area contributed by atoms with E-state index in [2.05, 4.69) is 51.7 Å². The lowest BCUT2D eigenvalue weighted by atomic mass is 9.79. The number of carbonyl (C=O) groups excluding carboxylic acids is 1. The van der Waals surface area contributed by atoms with E-state index < -0.39 is 0 Å². The second-order valence-corrected chi connectivity index (χ2v) is 11.0. The molecule has 0 aliphatic carbocycles. The highest BCUT2D eigenvalue weighted by atomic mass is 32.2. The number of ether oxygens (including phenoxy) is 2. The Hall–Kier alpha value is -2.38. The molecular weight excluding hydrogens is 452 g/mol. The summed E-state index contributed by atoms with van der Waals surface area (Å²) >= 11 is 1.88. The highest BCUT2D eigenvalue weighted by Crippen LogP contribution is 2.42. The van der Waals surface area contributed by atoms with E-state index in [4.69, 9.17) is 9.47 Å². The molecule has 1 aliphatic heterocycles. The highest BCUT2D eigenvalue weighted by Gasteiger charge is 2.29. The summed E-state index contributed by atoms with van der Waals surface area (Å²) in [5, 5.41) is 0. The van der Waals surface area contributed by atoms with Gasteiger partial charge in [-0.1, -0.05) is 70.9 Å². The Morgan fingerprint density at radius 1 is 1.09 bits per heavy atom. The van der Waals surface area contributed by atoms with Crippen molar-refractivity contribution in [3.63, 3.8) is 0 Å². The van der Waals surface area contributed by atoms with Crippen LogP contribution in [0, 0.1) is 11.8 Å². The van der Waals surface area contributed by atoms with Crippen molar-refractivity contribution in [2.24, 2.45) is 0 Å². The quantitative estimate of drug-likeness (QED) is 0.146. The van der Waals surface area contributed by atoms with Gasteiger partial charge in [0.25, 0.3) is 0 Å². The molecule has 0 saturated carbocycles. The predicted octanol–water partition coefficient (Wildman–Crippen LogP) is 7.88. The average Bonchev–Trinajstić information content (AvgIpc) is 2.84. The second kappa shape index (κ2) is 13.1. The van der Waals surface area contributed by atoms with E-state index in [1.807, 2.05) is 43.0 Å². The van der Waals surface area contributed by atoms with Crippen molar-refractivity contribution in [3.05, 3.63) is 58.7 Å². The summed E-state index contributed by atoms with van der Waals surface area (Å²) in [6, 6.07) is 12.5. The molecule has 0 N–H and O–H groups in total. The molecule has 3 nitrogen and oxygen atoms in total. The predicted molar refractivity (Wildman–Crippen MR) is 147 cm³/mol. The molecule has 2 aromatic rings. The molecule has 3 rings (SSSR count). The Morgan fingerprint density at radius 3 is 2.54 bits per heavy atom. The van der Waals surface area contributed by atoms with Crippen LogP contribution in [0.5, 0.6) is 5.75 Å². The summed E-state index contributed by atoms with van der Waals surface area (Å²) in [5.41, 5.74) is 4.35. The molecule has 0 amide bonds. The number of benzene rings is 2. The molecule has 1 unspecified atom stereocenters. The molecule has 1 aliphatic rings. The van der Waals surface area contributed by atoms with Gasteiger partial charge in [0, 0.05) is 21.6 Å². The van der Waals surface area contributed by atoms with Gasteiger partial charge in [-0.3, -0.25) is 4.79 Å². The molecule has 0 aromatic heterocycles. The van der Waals surface area contributed by atoms with Gasteiger partial charge in [0.2, 0.25) is 0 Å². The zero-order chi connectivity index (χ0) is 25.3. The lowest BCUT2D eigenvalue weighted by Gasteiger charge is -2.33. The lowest BCUT2D eigenvalue weighted by Crippen LogP contribution is -2.26. The molecule has 0 bridgehead atoms. The monoisotopic (exact) mass is 492 g/mol. The largest absolute Gasteiger partial charge is 0.493 e. The van der Waals surface area contributed by atoms with Gasteiger partial charge >= 0.3 is 5.97 Å². The standard InChI is InChI=1S/C31H40O3S/c1-6-9-10-20-35-29-22-28-27(31(4,5)18-19-34-28)21-25(29)17-14-23-12-15-24(16-13-23)26(11-7-2)30(32)33-8-3/h12-13,15-16,21-22,26H,6-11,18-20H2,1-5H3. The van der Waals surface area contributed by atoms with Crippen LogP contribution in [0.4, 0.5) is 0 Å². The Bertz CT molecular complexity index is 1040. The fourth-order valence-electron chi connectivity index (χ4n) is 4.40. The van der Waals surface area contributed by atoms with Crippen LogP contribution >= 0.6 is 11.8 Å². The lowest BCUT2D eigenvalue weighted by molar-refractivity contribution is -0.145. The smallest absolute Gasteiger partial charge is 0.313 e. The number of rotatable bonds is 10. The first-order valence-electron chi connectivity index (χ1n) is 13.1. The third kappa shape index (κ3) is 7.31. The third-order valence-electron chi connectivity index (χ3n) is 6.60. The van der Waals surface area contributed by atoms with Gasteiger partial charge in [-0.05, 0) is 67.2 Å². The van der Waals surface area contributed by atoms with Crippen molar-refractivity contribution in [1.82, 2.24) is 0 Å². The van der Waals surface area contributed by atoms with Gasteiger partial charge in [0.15, 0.2) is 0 Å². The van der Waals surface area contributed by atoms with Crippen molar-refractivity contribution in [2.75, 3.05) is 19.0 Å². The Kier molecular flexibility index (Phi) is 10.2. The maximum absolute atomic E-state index is 12.4. The van der Waals surface area contributed by atoms with E-state index in [0.29, 0.717) is 6.61 Å². The zero-order valence-electron chi connectivity index (χ0n) is 22.0. The van der Waals surface area contributed by atoms with E-state index in [0.717, 1.165) is 54.1 Å². The van der Waals surface area contributed by atoms with E-state index in [-0.39, 0.29) is 17.3 Å². The molecule has 35 heavy (non-hydrogen) atoms. The molecular formula is C31H40O3S. The number of unbranched alkanes of at least 4 members (excludes halogenated alkanes) is 2. The summed E-state index contributed by atoms with van der Waals surface area (Å²) in [7, 11) is 0. The first-order valence-corrected chi connectivity index (χ1v) is 14.1. The van der Waals surface area contributed by atoms with E-state index in [1.165, 1.54) is 29.7 Å². The minimum absolute atomic E-state index is 0.0818. The number of thioether (sulfide) groups is 1. The van der Waals surface area contributed by atoms with Crippen molar-refractivity contribution in [1.29, 1.82) is 0 Å². The third-order valence-corrected chi connectivity index (χ3v) is 7.75. The zero-order valence-corrected chi connectivity index (χ0v) is 22.9. The maximum atomic E-state index is 12.4. The fraction of sp³-hybridized carbons (Fsp3) is 0.516. The Labute approximate surface area is 216 Å². The number of esters is 1. The first-order chi connectivity index (χ1) is 16.9. The van der Waals surface area contributed by atoms with E-state index in [9.17, 15) is 4.79 Å². The minimum atomic E-state index is -0.212. The highest BCUT2D eigenvalue weighted by molar-refractivity contribution is 7.99. The van der Waals surface area contributed by atoms with Crippen LogP contribution in [0.25, 0.3) is 0 Å². The average molecular weight is 493 g/mol. The number of hydrogen-bond donors (Lipinski definition) is 0. The van der Waals surface area contributed by atoms with Gasteiger partial charge < -0.3 is 9.47 Å². The van der Waals surface area contributed by atoms with Gasteiger partial charge in [-0.2, -0.15) is 0 Å². The van der Waals surface area contributed by atoms with Crippen LogP contribution in [-0.4, -0.2) is 24.9 Å². The molecule has 188 valence electrons. The maximum Gasteiger partial charge on any atom is 0.313 e. The summed E-state index contributed by atoms with van der Waals surface area (Å²) in [6.45, 7) is 11.9. The Morgan fingerprint density at radius 2 is 1.86 bits per heavy atom. The van der Waals surface area contributed by atoms with Crippen molar-refractivity contribution in [3.8, 4) is 17.6 Å². The van der Waals surface area contributed by atoms with Crippen LogP contribution in [0.1, 0.15) is 101 Å². The van der Waals surface area contributed by atoms with E-state index in [1.54, 1.807) is 0 Å².